The summed E-state index contributed by atoms with van der Waals surface area (Å²) in [6, 6.07) is 0. The smallest absolute Gasteiger partial charge is 0.395 e. The number of piperazine rings is 1. The monoisotopic (exact) mass is 239 g/mol. The van der Waals surface area contributed by atoms with Crippen molar-refractivity contribution in [2.45, 2.75) is 32.7 Å². The van der Waals surface area contributed by atoms with Gasteiger partial charge in [0.2, 0.25) is 0 Å². The third-order valence-electron chi connectivity index (χ3n) is 2.84. The lowest BCUT2D eigenvalue weighted by molar-refractivity contribution is 0.210. The molecule has 0 saturated carbocycles. The van der Waals surface area contributed by atoms with Crippen LogP contribution < -0.4 is 11.1 Å². The summed E-state index contributed by atoms with van der Waals surface area (Å²) in [5.74, 6) is 0.709. The predicted molar refractivity (Wildman–Crippen MR) is 63.1 cm³/mol. The Morgan fingerprint density at radius 1 is 1.24 bits per heavy atom. The van der Waals surface area contributed by atoms with Crippen LogP contribution in [-0.2, 0) is 12.0 Å². The predicted octanol–water partition coefficient (Wildman–Crippen LogP) is 0.950. The van der Waals surface area contributed by atoms with Crippen LogP contribution in [0.15, 0.2) is 13.6 Å². The second-order valence-corrected chi connectivity index (χ2v) is 5.40. The van der Waals surface area contributed by atoms with Crippen LogP contribution >= 0.6 is 0 Å². The van der Waals surface area contributed by atoms with E-state index in [2.05, 4.69) is 10.2 Å². The van der Waals surface area contributed by atoms with Gasteiger partial charge < -0.3 is 8.83 Å². The van der Waals surface area contributed by atoms with Crippen LogP contribution in [0.5, 0.6) is 0 Å². The zero-order chi connectivity index (χ0) is 12.5. The van der Waals surface area contributed by atoms with E-state index in [0.717, 1.165) is 26.2 Å². The molecule has 0 N–H and O–H groups in total. The molecule has 95 valence electrons. The summed E-state index contributed by atoms with van der Waals surface area (Å²) >= 11 is 0. The van der Waals surface area contributed by atoms with Crippen LogP contribution in [0, 0.1) is 0 Å². The zero-order valence-electron chi connectivity index (χ0n) is 10.7. The summed E-state index contributed by atoms with van der Waals surface area (Å²) in [6.45, 7) is 10.2. The minimum Gasteiger partial charge on any atom is -0.395 e. The molecule has 0 atom stereocenters. The molecule has 17 heavy (non-hydrogen) atoms. The van der Waals surface area contributed by atoms with E-state index in [0.29, 0.717) is 18.1 Å². The second-order valence-electron chi connectivity index (χ2n) is 5.40. The summed E-state index contributed by atoms with van der Waals surface area (Å²) in [6.07, 6.45) is 0. The van der Waals surface area contributed by atoms with E-state index in [1.165, 1.54) is 0 Å². The molecule has 0 aliphatic carbocycles. The molecule has 0 amide bonds. The zero-order valence-corrected chi connectivity index (χ0v) is 10.7. The summed E-state index contributed by atoms with van der Waals surface area (Å²) in [7, 11) is 0. The van der Waals surface area contributed by atoms with E-state index in [9.17, 15) is 4.79 Å². The van der Waals surface area contributed by atoms with Gasteiger partial charge in [0.05, 0.1) is 6.54 Å². The first-order valence-corrected chi connectivity index (χ1v) is 5.96. The van der Waals surface area contributed by atoms with Crippen LogP contribution in [0.3, 0.4) is 0 Å². The summed E-state index contributed by atoms with van der Waals surface area (Å²) in [5, 5.41) is 4.29. The molecule has 1 aromatic heterocycles. The molecule has 5 nitrogen and oxygen atoms in total. The van der Waals surface area contributed by atoms with E-state index in [4.69, 9.17) is 8.83 Å². The molecule has 1 aliphatic heterocycles. The van der Waals surface area contributed by atoms with Crippen molar-refractivity contribution in [1.82, 2.24) is 10.2 Å². The molecule has 0 spiro atoms. The topological polar surface area (TPSA) is 60.7 Å². The Morgan fingerprint density at radius 2 is 1.88 bits per heavy atom. The van der Waals surface area contributed by atoms with E-state index >= 15 is 0 Å². The van der Waals surface area contributed by atoms with E-state index in [1.54, 1.807) is 0 Å². The highest BCUT2D eigenvalue weighted by Gasteiger charge is 2.27. The maximum atomic E-state index is 11.2. The highest BCUT2D eigenvalue weighted by Crippen LogP contribution is 2.26. The summed E-state index contributed by atoms with van der Waals surface area (Å²) in [5.41, 5.74) is -0.207. The lowest BCUT2D eigenvalue weighted by Crippen LogP contribution is -2.39. The van der Waals surface area contributed by atoms with Crippen molar-refractivity contribution < 1.29 is 8.83 Å². The van der Waals surface area contributed by atoms with E-state index in [-0.39, 0.29) is 5.41 Å². The van der Waals surface area contributed by atoms with Gasteiger partial charge in [0, 0.05) is 31.6 Å². The van der Waals surface area contributed by atoms with Crippen LogP contribution in [-0.4, -0.2) is 31.1 Å². The van der Waals surface area contributed by atoms with Gasteiger partial charge in [0.15, 0.2) is 11.5 Å². The fourth-order valence-corrected chi connectivity index (χ4v) is 1.99. The number of rotatable bonds is 2. The first-order valence-electron chi connectivity index (χ1n) is 5.96. The van der Waals surface area contributed by atoms with E-state index < -0.39 is 5.82 Å². The molecule has 1 radical (unpaired) electrons. The Kier molecular flexibility index (Phi) is 3.40. The molecule has 5 heteroatoms. The van der Waals surface area contributed by atoms with Crippen molar-refractivity contribution in [3.63, 3.8) is 0 Å². The van der Waals surface area contributed by atoms with Gasteiger partial charge in [-0.1, -0.05) is 20.8 Å². The normalized spacial score (nSPS) is 18.5. The van der Waals surface area contributed by atoms with E-state index in [1.807, 2.05) is 20.8 Å². The average molecular weight is 239 g/mol. The summed E-state index contributed by atoms with van der Waals surface area (Å²) in [4.78, 5) is 13.5. The van der Waals surface area contributed by atoms with Crippen molar-refractivity contribution >= 4 is 0 Å². The quantitative estimate of drug-likeness (QED) is 0.771. The van der Waals surface area contributed by atoms with Crippen molar-refractivity contribution in [1.29, 1.82) is 0 Å². The average Bonchev–Trinajstić information content (AvgIpc) is 2.60. The van der Waals surface area contributed by atoms with Crippen LogP contribution in [0.4, 0.5) is 0 Å². The molecule has 1 aliphatic rings. The van der Waals surface area contributed by atoms with Crippen LogP contribution in [0.2, 0.25) is 0 Å². The minimum atomic E-state index is -0.605. The first kappa shape index (κ1) is 12.4. The number of nitrogens with zero attached hydrogens (tertiary/aromatic N) is 2. The lowest BCUT2D eigenvalue weighted by Gasteiger charge is -2.26. The van der Waals surface area contributed by atoms with Crippen molar-refractivity contribution in [2.24, 2.45) is 0 Å². The van der Waals surface area contributed by atoms with Gasteiger partial charge in [-0.05, 0) is 0 Å². The van der Waals surface area contributed by atoms with Gasteiger partial charge in [0.25, 0.3) is 0 Å². The standard InChI is InChI=1S/C12H19N2O3/c1-12(2,3)10-9(16-11(15)17-10)8-14-6-4-13-5-7-14/h4-8H2,1-3H3. The fourth-order valence-electron chi connectivity index (χ4n) is 1.99. The molecule has 0 bridgehead atoms. The molecular formula is C12H19N2O3. The lowest BCUT2D eigenvalue weighted by atomic mass is 9.92. The van der Waals surface area contributed by atoms with Crippen LogP contribution in [0.25, 0.3) is 0 Å². The maximum Gasteiger partial charge on any atom is 0.519 e. The number of hydrogen-bond acceptors (Lipinski definition) is 4. The molecule has 2 heterocycles. The summed E-state index contributed by atoms with van der Waals surface area (Å²) < 4.78 is 10.3. The minimum absolute atomic E-state index is 0.207. The SMILES string of the molecule is CC(C)(C)c1oc(=O)oc1CN1CC[N]CC1. The van der Waals surface area contributed by atoms with Crippen molar-refractivity contribution in [3.05, 3.63) is 22.1 Å². The largest absolute Gasteiger partial charge is 0.519 e. The maximum absolute atomic E-state index is 11.2. The Morgan fingerprint density at radius 3 is 2.47 bits per heavy atom. The van der Waals surface area contributed by atoms with Gasteiger partial charge in [-0.3, -0.25) is 4.90 Å². The fraction of sp³-hybridized carbons (Fsp3) is 0.750. The molecule has 1 saturated heterocycles. The van der Waals surface area contributed by atoms with Gasteiger partial charge in [0.1, 0.15) is 0 Å². The van der Waals surface area contributed by atoms with Crippen molar-refractivity contribution in [2.75, 3.05) is 26.2 Å². The highest BCUT2D eigenvalue weighted by molar-refractivity contribution is 5.13. The molecule has 1 fully saturated rings. The Balaban J connectivity index is 2.17. The third-order valence-corrected chi connectivity index (χ3v) is 2.84. The molecule has 0 aromatic carbocycles. The van der Waals surface area contributed by atoms with Gasteiger partial charge in [-0.2, -0.15) is 0 Å². The third kappa shape index (κ3) is 2.98. The first-order chi connectivity index (χ1) is 7.97. The molecular weight excluding hydrogens is 220 g/mol. The van der Waals surface area contributed by atoms with Gasteiger partial charge in [-0.15, -0.1) is 0 Å². The Labute approximate surface area is 101 Å². The molecule has 1 aromatic rings. The second kappa shape index (κ2) is 4.66. The highest BCUT2D eigenvalue weighted by atomic mass is 16.6. The Hall–Kier alpha value is -1.07. The Bertz CT molecular complexity index is 422. The van der Waals surface area contributed by atoms with Crippen LogP contribution in [0.1, 0.15) is 32.3 Å². The molecule has 2 rings (SSSR count). The number of hydrogen-bond donors (Lipinski definition) is 0. The molecule has 0 unspecified atom stereocenters. The van der Waals surface area contributed by atoms with Crippen molar-refractivity contribution in [3.8, 4) is 0 Å². The van der Waals surface area contributed by atoms with Gasteiger partial charge in [-0.25, -0.2) is 10.1 Å². The van der Waals surface area contributed by atoms with Gasteiger partial charge >= 0.3 is 5.82 Å².